The minimum Gasteiger partial charge on any atom is -0.497 e. The highest BCUT2D eigenvalue weighted by molar-refractivity contribution is 7.13. The van der Waals surface area contributed by atoms with Crippen molar-refractivity contribution in [1.29, 1.82) is 0 Å². The second-order valence-electron chi connectivity index (χ2n) is 8.07. The Bertz CT molecular complexity index is 1360. The van der Waals surface area contributed by atoms with Gasteiger partial charge >= 0.3 is 6.03 Å². The number of hydrogen-bond donors (Lipinski definition) is 1. The highest BCUT2D eigenvalue weighted by Gasteiger charge is 2.36. The van der Waals surface area contributed by atoms with Gasteiger partial charge in [-0.2, -0.15) is 4.98 Å². The molecule has 1 unspecified atom stereocenters. The Morgan fingerprint density at radius 3 is 2.74 bits per heavy atom. The van der Waals surface area contributed by atoms with Crippen LogP contribution in [0.1, 0.15) is 35.5 Å². The Hall–Kier alpha value is -3.91. The minimum atomic E-state index is -0.465. The molecule has 8 heteroatoms. The molecule has 2 aromatic heterocycles. The van der Waals surface area contributed by atoms with E-state index in [0.717, 1.165) is 32.8 Å². The van der Waals surface area contributed by atoms with E-state index >= 15 is 0 Å². The maximum atomic E-state index is 13.3. The normalized spacial score (nSPS) is 16.0. The number of allylic oxidation sites excluding steroid dienone is 1. The predicted octanol–water partition coefficient (Wildman–Crippen LogP) is 5.81. The molecule has 1 N–H and O–H groups in total. The molecule has 2 amide bonds. The molecule has 1 aliphatic rings. The summed E-state index contributed by atoms with van der Waals surface area (Å²) in [7, 11) is 1.62. The lowest BCUT2D eigenvalue weighted by Gasteiger charge is -2.35. The number of hydrogen-bond acceptors (Lipinski definition) is 6. The quantitative estimate of drug-likeness (QED) is 0.383. The number of nitrogens with one attached hydrogen (secondary N) is 1. The van der Waals surface area contributed by atoms with E-state index in [-0.39, 0.29) is 6.03 Å². The fourth-order valence-corrected chi connectivity index (χ4v) is 4.77. The van der Waals surface area contributed by atoms with Gasteiger partial charge in [0, 0.05) is 5.70 Å². The van der Waals surface area contributed by atoms with Crippen molar-refractivity contribution in [3.63, 3.8) is 0 Å². The SMILES string of the molecule is COc1cccc(C2NC(=O)N(Cc3ccccc3C)C(C)=C2c2nc(-c3cccs3)no2)c1. The summed E-state index contributed by atoms with van der Waals surface area (Å²) in [6.45, 7) is 4.40. The summed E-state index contributed by atoms with van der Waals surface area (Å²) in [6.07, 6.45) is 0. The number of rotatable bonds is 6. The van der Waals surface area contributed by atoms with Crippen LogP contribution >= 0.6 is 11.3 Å². The maximum Gasteiger partial charge on any atom is 0.322 e. The zero-order valence-corrected chi connectivity index (χ0v) is 19.9. The third-order valence-corrected chi connectivity index (χ3v) is 6.88. The largest absolute Gasteiger partial charge is 0.497 e. The average molecular weight is 473 g/mol. The second kappa shape index (κ2) is 9.15. The standard InChI is InChI=1S/C26H24N4O3S/c1-16-8-4-5-9-19(16)15-30-17(2)22(25-28-24(29-33-25)21-12-7-13-34-21)23(27-26(30)31)18-10-6-11-20(14-18)32-3/h4-14,23H,15H2,1-3H3,(H,27,31). The number of aromatic nitrogens is 2. The Kier molecular flexibility index (Phi) is 5.90. The van der Waals surface area contributed by atoms with Crippen LogP contribution in [-0.2, 0) is 6.54 Å². The van der Waals surface area contributed by atoms with E-state index in [0.29, 0.717) is 24.0 Å². The highest BCUT2D eigenvalue weighted by Crippen LogP contribution is 2.39. The van der Waals surface area contributed by atoms with Crippen LogP contribution in [0.4, 0.5) is 4.79 Å². The molecule has 0 spiro atoms. The first kappa shape index (κ1) is 21.9. The Morgan fingerprint density at radius 1 is 1.12 bits per heavy atom. The smallest absolute Gasteiger partial charge is 0.322 e. The molecule has 0 saturated carbocycles. The lowest BCUT2D eigenvalue weighted by atomic mass is 9.94. The lowest BCUT2D eigenvalue weighted by Crippen LogP contribution is -2.45. The van der Waals surface area contributed by atoms with Gasteiger partial charge in [0.05, 0.1) is 30.1 Å². The van der Waals surface area contributed by atoms with Crippen molar-refractivity contribution in [1.82, 2.24) is 20.4 Å². The third-order valence-electron chi connectivity index (χ3n) is 6.01. The molecule has 0 radical (unpaired) electrons. The number of aryl methyl sites for hydroxylation is 1. The van der Waals surface area contributed by atoms with Gasteiger partial charge in [0.25, 0.3) is 5.89 Å². The van der Waals surface area contributed by atoms with E-state index in [1.54, 1.807) is 23.3 Å². The molecule has 4 aromatic rings. The summed E-state index contributed by atoms with van der Waals surface area (Å²) in [6, 6.07) is 18.9. The molecule has 0 bridgehead atoms. The summed E-state index contributed by atoms with van der Waals surface area (Å²) in [5.74, 6) is 1.61. The molecule has 0 saturated heterocycles. The van der Waals surface area contributed by atoms with E-state index in [1.807, 2.05) is 79.9 Å². The van der Waals surface area contributed by atoms with Gasteiger partial charge < -0.3 is 14.6 Å². The predicted molar refractivity (Wildman–Crippen MR) is 131 cm³/mol. The molecule has 172 valence electrons. The van der Waals surface area contributed by atoms with Crippen molar-refractivity contribution in [3.8, 4) is 16.5 Å². The van der Waals surface area contributed by atoms with Crippen LogP contribution in [0.25, 0.3) is 16.3 Å². The van der Waals surface area contributed by atoms with E-state index in [2.05, 4.69) is 10.5 Å². The van der Waals surface area contributed by atoms with E-state index in [1.165, 1.54) is 0 Å². The number of urea groups is 1. The number of carbonyl (C=O) groups is 1. The summed E-state index contributed by atoms with van der Waals surface area (Å²) in [4.78, 5) is 20.7. The van der Waals surface area contributed by atoms with Crippen molar-refractivity contribution in [2.45, 2.75) is 26.4 Å². The minimum absolute atomic E-state index is 0.185. The van der Waals surface area contributed by atoms with Gasteiger partial charge in [-0.1, -0.05) is 47.6 Å². The van der Waals surface area contributed by atoms with Gasteiger partial charge in [0.1, 0.15) is 5.75 Å². The van der Waals surface area contributed by atoms with Crippen molar-refractivity contribution in [2.75, 3.05) is 7.11 Å². The van der Waals surface area contributed by atoms with Gasteiger partial charge in [-0.25, -0.2) is 4.79 Å². The number of methoxy groups -OCH3 is 1. The molecule has 5 rings (SSSR count). The van der Waals surface area contributed by atoms with E-state index in [9.17, 15) is 4.79 Å². The molecule has 0 aliphatic carbocycles. The maximum absolute atomic E-state index is 13.3. The Balaban J connectivity index is 1.62. The van der Waals surface area contributed by atoms with Crippen LogP contribution in [0.15, 0.2) is 76.3 Å². The van der Waals surface area contributed by atoms with Gasteiger partial charge in [-0.05, 0) is 54.1 Å². The van der Waals surface area contributed by atoms with E-state index in [4.69, 9.17) is 14.2 Å². The van der Waals surface area contributed by atoms with Gasteiger partial charge in [0.2, 0.25) is 5.82 Å². The Morgan fingerprint density at radius 2 is 1.97 bits per heavy atom. The van der Waals surface area contributed by atoms with Gasteiger partial charge in [0.15, 0.2) is 0 Å². The monoisotopic (exact) mass is 472 g/mol. The molecular weight excluding hydrogens is 448 g/mol. The van der Waals surface area contributed by atoms with Gasteiger partial charge in [-0.3, -0.25) is 4.90 Å². The van der Waals surface area contributed by atoms with E-state index < -0.39 is 6.04 Å². The van der Waals surface area contributed by atoms with Gasteiger partial charge in [-0.15, -0.1) is 11.3 Å². The first-order valence-electron chi connectivity index (χ1n) is 10.9. The van der Waals surface area contributed by atoms with Crippen molar-refractivity contribution < 1.29 is 14.1 Å². The van der Waals surface area contributed by atoms with Crippen molar-refractivity contribution in [3.05, 3.63) is 94.3 Å². The molecule has 34 heavy (non-hydrogen) atoms. The van der Waals surface area contributed by atoms with Crippen LogP contribution < -0.4 is 10.1 Å². The number of carbonyl (C=O) groups excluding carboxylic acids is 1. The third kappa shape index (κ3) is 4.08. The van der Waals surface area contributed by atoms with Crippen LogP contribution in [0.3, 0.4) is 0 Å². The lowest BCUT2D eigenvalue weighted by molar-refractivity contribution is 0.203. The highest BCUT2D eigenvalue weighted by atomic mass is 32.1. The van der Waals surface area contributed by atoms with Crippen LogP contribution in [0.5, 0.6) is 5.75 Å². The summed E-state index contributed by atoms with van der Waals surface area (Å²) in [5.41, 5.74) is 4.59. The first-order valence-corrected chi connectivity index (χ1v) is 11.8. The number of amides is 2. The van der Waals surface area contributed by atoms with Crippen LogP contribution in [0, 0.1) is 6.92 Å². The summed E-state index contributed by atoms with van der Waals surface area (Å²) >= 11 is 1.55. The Labute approximate surface area is 201 Å². The topological polar surface area (TPSA) is 80.5 Å². The molecule has 1 aliphatic heterocycles. The second-order valence-corrected chi connectivity index (χ2v) is 9.02. The molecule has 1 atom stereocenters. The number of thiophene rings is 1. The zero-order valence-electron chi connectivity index (χ0n) is 19.1. The molecule has 7 nitrogen and oxygen atoms in total. The number of ether oxygens (including phenoxy) is 1. The van der Waals surface area contributed by atoms with Crippen molar-refractivity contribution >= 4 is 22.9 Å². The van der Waals surface area contributed by atoms with Crippen LogP contribution in [0.2, 0.25) is 0 Å². The molecule has 0 fully saturated rings. The van der Waals surface area contributed by atoms with Crippen LogP contribution in [-0.4, -0.2) is 28.2 Å². The fourth-order valence-electron chi connectivity index (χ4n) is 4.12. The fraction of sp³-hybridized carbons (Fsp3) is 0.192. The summed E-state index contributed by atoms with van der Waals surface area (Å²) in [5, 5.41) is 9.32. The molecule has 2 aromatic carbocycles. The number of benzene rings is 2. The molecular formula is C26H24N4O3S. The summed E-state index contributed by atoms with van der Waals surface area (Å²) < 4.78 is 11.2. The molecule has 3 heterocycles. The first-order chi connectivity index (χ1) is 16.5. The van der Waals surface area contributed by atoms with Crippen molar-refractivity contribution in [2.24, 2.45) is 0 Å². The average Bonchev–Trinajstić information content (AvgIpc) is 3.55. The zero-order chi connectivity index (χ0) is 23.7. The number of nitrogens with zero attached hydrogens (tertiary/aromatic N) is 3.